The van der Waals surface area contributed by atoms with Crippen LogP contribution in [0.1, 0.15) is 121 Å². The quantitative estimate of drug-likeness (QED) is 0.129. The minimum absolute atomic E-state index is 0.145. The smallest absolute Gasteiger partial charge is 0.255 e. The minimum atomic E-state index is -3.40. The van der Waals surface area contributed by atoms with E-state index in [-0.39, 0.29) is 29.4 Å². The molecule has 3 saturated heterocycles. The Morgan fingerprint density at radius 3 is 2.26 bits per heavy atom. The van der Waals surface area contributed by atoms with Gasteiger partial charge in [-0.2, -0.15) is 0 Å². The summed E-state index contributed by atoms with van der Waals surface area (Å²) in [6.07, 6.45) is 11.4. The van der Waals surface area contributed by atoms with E-state index in [9.17, 15) is 22.8 Å². The summed E-state index contributed by atoms with van der Waals surface area (Å²) in [5.41, 5.74) is 5.88. The molecule has 12 heteroatoms. The molecule has 3 aromatic rings. The summed E-state index contributed by atoms with van der Waals surface area (Å²) in [5.74, 6) is 0.754. The maximum absolute atomic E-state index is 13.7. The molecule has 0 aliphatic carbocycles. The van der Waals surface area contributed by atoms with Gasteiger partial charge in [-0.3, -0.25) is 19.7 Å². The summed E-state index contributed by atoms with van der Waals surface area (Å²) in [6.45, 7) is 8.41. The van der Waals surface area contributed by atoms with Crippen molar-refractivity contribution in [2.24, 2.45) is 0 Å². The zero-order valence-corrected chi connectivity index (χ0v) is 35.2. The lowest BCUT2D eigenvalue weighted by Crippen LogP contribution is -2.47. The number of fused-ring (bicyclic) bond motifs is 1. The summed E-state index contributed by atoms with van der Waals surface area (Å²) in [4.78, 5) is 44.6. The number of sulfone groups is 1. The van der Waals surface area contributed by atoms with Crippen molar-refractivity contribution < 1.29 is 32.3 Å². The summed E-state index contributed by atoms with van der Waals surface area (Å²) >= 11 is 0. The second-order valence-electron chi connectivity index (χ2n) is 16.7. The van der Waals surface area contributed by atoms with Crippen LogP contribution in [-0.2, 0) is 32.4 Å². The van der Waals surface area contributed by atoms with Gasteiger partial charge >= 0.3 is 0 Å². The minimum Gasteiger partial charge on any atom is -0.493 e. The molecule has 4 aliphatic rings. The van der Waals surface area contributed by atoms with Gasteiger partial charge in [-0.05, 0) is 143 Å². The van der Waals surface area contributed by atoms with Crippen molar-refractivity contribution in [2.45, 2.75) is 102 Å². The Kier molecular flexibility index (Phi) is 13.6. The average molecular weight is 813 g/mol. The standard InChI is InChI=1S/C46H60N4O7S/c1-4-57-43-29-36(14-17-42(43)56-2)41(31-58(3,54)55)50-30-37-28-32(9-15-40(37)46(50)53)8-6-5-7-23-48-24-21-38(22-25-48)49-26-19-34(20-27-49)33-10-12-35(13-11-33)39-16-18-44(51)47-45(39)52/h9-15,17,28-29,34,38-39,41H,4-8,16,18-27,30-31H2,1-3H3,(H,47,51,52)/t39?,41-/m1/s1. The van der Waals surface area contributed by atoms with Crippen LogP contribution >= 0.6 is 0 Å². The van der Waals surface area contributed by atoms with Gasteiger partial charge in [-0.1, -0.05) is 48.9 Å². The highest BCUT2D eigenvalue weighted by Gasteiger charge is 2.36. The lowest BCUT2D eigenvalue weighted by atomic mass is 9.85. The van der Waals surface area contributed by atoms with Crippen LogP contribution in [0.25, 0.3) is 0 Å². The fourth-order valence-corrected chi connectivity index (χ4v) is 10.5. The molecule has 7 rings (SSSR count). The monoisotopic (exact) mass is 812 g/mol. The van der Waals surface area contributed by atoms with Gasteiger partial charge in [0.05, 0.1) is 31.4 Å². The van der Waals surface area contributed by atoms with E-state index >= 15 is 0 Å². The van der Waals surface area contributed by atoms with Crippen LogP contribution in [-0.4, -0.2) is 105 Å². The molecule has 0 aromatic heterocycles. The first-order valence-electron chi connectivity index (χ1n) is 21.3. The van der Waals surface area contributed by atoms with Gasteiger partial charge < -0.3 is 24.2 Å². The third kappa shape index (κ3) is 10.1. The zero-order chi connectivity index (χ0) is 40.8. The Morgan fingerprint density at radius 2 is 1.57 bits per heavy atom. The van der Waals surface area contributed by atoms with Crippen molar-refractivity contribution in [3.63, 3.8) is 0 Å². The topological polar surface area (TPSA) is 126 Å². The molecular formula is C46H60N4O7S. The Labute approximate surface area is 344 Å². The van der Waals surface area contributed by atoms with Crippen LogP contribution in [0.5, 0.6) is 11.5 Å². The first-order chi connectivity index (χ1) is 28.0. The number of unbranched alkanes of at least 4 members (excludes halogenated alkanes) is 2. The van der Waals surface area contributed by atoms with E-state index in [4.69, 9.17) is 9.47 Å². The van der Waals surface area contributed by atoms with Crippen molar-refractivity contribution in [1.29, 1.82) is 0 Å². The maximum atomic E-state index is 13.7. The Hall–Kier alpha value is -4.26. The fraction of sp³-hybridized carbons (Fsp3) is 0.543. The van der Waals surface area contributed by atoms with Crippen LogP contribution in [0, 0.1) is 0 Å². The highest BCUT2D eigenvalue weighted by atomic mass is 32.2. The second-order valence-corrected chi connectivity index (χ2v) is 18.9. The van der Waals surface area contributed by atoms with Gasteiger partial charge in [0.2, 0.25) is 11.8 Å². The Bertz CT molecular complexity index is 2040. The van der Waals surface area contributed by atoms with Gasteiger partial charge in [0.1, 0.15) is 9.84 Å². The van der Waals surface area contributed by atoms with Crippen molar-refractivity contribution in [3.8, 4) is 11.5 Å². The molecule has 58 heavy (non-hydrogen) atoms. The van der Waals surface area contributed by atoms with Crippen molar-refractivity contribution in [3.05, 3.63) is 94.0 Å². The lowest BCUT2D eigenvalue weighted by molar-refractivity contribution is -0.134. The van der Waals surface area contributed by atoms with E-state index in [1.807, 2.05) is 19.1 Å². The van der Waals surface area contributed by atoms with Crippen LogP contribution in [0.3, 0.4) is 0 Å². The maximum Gasteiger partial charge on any atom is 0.255 e. The molecule has 4 aliphatic heterocycles. The number of imide groups is 1. The highest BCUT2D eigenvalue weighted by Crippen LogP contribution is 2.38. The molecule has 0 saturated carbocycles. The van der Waals surface area contributed by atoms with Gasteiger partial charge in [-0.25, -0.2) is 8.42 Å². The van der Waals surface area contributed by atoms with Crippen LogP contribution in [0.2, 0.25) is 0 Å². The number of benzene rings is 3. The van der Waals surface area contributed by atoms with E-state index < -0.39 is 15.9 Å². The van der Waals surface area contributed by atoms with Crippen LogP contribution in [0.15, 0.2) is 60.7 Å². The number of methoxy groups -OCH3 is 1. The first-order valence-corrected chi connectivity index (χ1v) is 23.4. The number of carbonyl (C=O) groups excluding carboxylic acids is 3. The summed E-state index contributed by atoms with van der Waals surface area (Å²) in [6, 6.07) is 20.1. The van der Waals surface area contributed by atoms with Gasteiger partial charge in [0.15, 0.2) is 11.5 Å². The van der Waals surface area contributed by atoms with Gasteiger partial charge in [0, 0.05) is 30.8 Å². The van der Waals surface area contributed by atoms with Crippen molar-refractivity contribution in [1.82, 2.24) is 20.0 Å². The highest BCUT2D eigenvalue weighted by molar-refractivity contribution is 7.90. The predicted octanol–water partition coefficient (Wildman–Crippen LogP) is 6.41. The van der Waals surface area contributed by atoms with Crippen LogP contribution < -0.4 is 14.8 Å². The molecule has 2 atom stereocenters. The Morgan fingerprint density at radius 1 is 0.828 bits per heavy atom. The summed E-state index contributed by atoms with van der Waals surface area (Å²) in [7, 11) is -1.84. The normalized spacial score (nSPS) is 20.6. The number of ether oxygens (including phenoxy) is 2. The van der Waals surface area contributed by atoms with Crippen LogP contribution in [0.4, 0.5) is 0 Å². The molecule has 0 bridgehead atoms. The Balaban J connectivity index is 0.824. The summed E-state index contributed by atoms with van der Waals surface area (Å²) < 4.78 is 36.4. The van der Waals surface area contributed by atoms with Crippen molar-refractivity contribution in [2.75, 3.05) is 58.4 Å². The number of hydrogen-bond acceptors (Lipinski definition) is 9. The number of nitrogens with zero attached hydrogens (tertiary/aromatic N) is 3. The van der Waals surface area contributed by atoms with E-state index in [1.54, 1.807) is 24.1 Å². The largest absolute Gasteiger partial charge is 0.493 e. The molecule has 1 unspecified atom stereocenters. The zero-order valence-electron chi connectivity index (χ0n) is 34.4. The van der Waals surface area contributed by atoms with E-state index in [2.05, 4.69) is 51.5 Å². The van der Waals surface area contributed by atoms with Gasteiger partial charge in [-0.15, -0.1) is 0 Å². The number of carbonyl (C=O) groups is 3. The number of hydrogen-bond donors (Lipinski definition) is 1. The molecular weight excluding hydrogens is 753 g/mol. The number of aryl methyl sites for hydroxylation is 1. The van der Waals surface area contributed by atoms with E-state index in [0.717, 1.165) is 63.1 Å². The molecule has 3 amide bonds. The fourth-order valence-electron chi connectivity index (χ4n) is 9.58. The number of nitrogens with one attached hydrogen (secondary N) is 1. The molecule has 3 fully saturated rings. The molecule has 3 aromatic carbocycles. The first kappa shape index (κ1) is 41.9. The van der Waals surface area contributed by atoms with Crippen molar-refractivity contribution >= 4 is 27.6 Å². The molecule has 4 heterocycles. The third-order valence-corrected chi connectivity index (χ3v) is 13.7. The van der Waals surface area contributed by atoms with E-state index in [1.165, 1.54) is 49.5 Å². The summed E-state index contributed by atoms with van der Waals surface area (Å²) in [5, 5.41) is 2.48. The molecule has 0 spiro atoms. The molecule has 11 nitrogen and oxygen atoms in total. The number of amides is 3. The number of likely N-dealkylation sites (tertiary alicyclic amines) is 2. The van der Waals surface area contributed by atoms with Gasteiger partial charge in [0.25, 0.3) is 5.91 Å². The SMILES string of the molecule is CCOc1cc([C@@H](CS(C)(=O)=O)N2Cc3cc(CCCCCN4CCC(N5CCC(c6ccc(C7CCC(=O)NC7=O)cc6)CC5)CC4)ccc3C2=O)ccc1OC. The number of piperidine rings is 3. The average Bonchev–Trinajstić information content (AvgIpc) is 3.55. The lowest BCUT2D eigenvalue weighted by Gasteiger charge is -2.42. The predicted molar refractivity (Wildman–Crippen MR) is 225 cm³/mol. The third-order valence-electron chi connectivity index (χ3n) is 12.8. The second kappa shape index (κ2) is 18.8. The molecule has 312 valence electrons. The van der Waals surface area contributed by atoms with E-state index in [0.29, 0.717) is 60.6 Å². The molecule has 1 N–H and O–H groups in total. The molecule has 0 radical (unpaired) electrons. The number of rotatable bonds is 16.